The van der Waals surface area contributed by atoms with Gasteiger partial charge < -0.3 is 4.42 Å². The summed E-state index contributed by atoms with van der Waals surface area (Å²) in [6.45, 7) is 12.4. The third-order valence-corrected chi connectivity index (χ3v) is 6.83. The monoisotopic (exact) mass is 474 g/mol. The minimum atomic E-state index is -1.45. The summed E-state index contributed by atoms with van der Waals surface area (Å²) in [7, 11) is 0. The highest BCUT2D eigenvalue weighted by Gasteiger charge is 2.22. The molecule has 6 aromatic rings. The van der Waals surface area contributed by atoms with Crippen molar-refractivity contribution in [2.45, 2.75) is 53.3 Å². The van der Waals surface area contributed by atoms with Crippen LogP contribution in [0.4, 0.5) is 0 Å². The molecule has 180 valence electrons. The highest BCUT2D eigenvalue weighted by Crippen LogP contribution is 2.41. The molecule has 0 spiro atoms. The Kier molecular flexibility index (Phi) is 4.64. The van der Waals surface area contributed by atoms with Crippen molar-refractivity contribution in [3.8, 4) is 11.3 Å². The van der Waals surface area contributed by atoms with Gasteiger partial charge in [-0.3, -0.25) is 0 Å². The van der Waals surface area contributed by atoms with Crippen molar-refractivity contribution in [1.29, 1.82) is 0 Å². The van der Waals surface area contributed by atoms with E-state index in [-0.39, 0.29) is 11.3 Å². The Labute approximate surface area is 215 Å². The predicted molar refractivity (Wildman–Crippen MR) is 152 cm³/mol. The van der Waals surface area contributed by atoms with Gasteiger partial charge in [0.25, 0.3) is 0 Å². The number of rotatable bonds is 3. The fourth-order valence-corrected chi connectivity index (χ4v) is 5.26. The molecule has 0 radical (unpaired) electrons. The maximum atomic E-state index is 8.64. The number of aryl methyl sites for hydroxylation is 1. The van der Waals surface area contributed by atoms with E-state index in [9.17, 15) is 0 Å². The molecule has 0 amide bonds. The number of fused-ring (bicyclic) bond motifs is 6. The minimum Gasteiger partial charge on any atom is -0.437 e. The van der Waals surface area contributed by atoms with E-state index in [1.165, 1.54) is 16.3 Å². The van der Waals surface area contributed by atoms with Crippen LogP contribution in [0.3, 0.4) is 0 Å². The second kappa shape index (κ2) is 8.16. The van der Waals surface area contributed by atoms with Gasteiger partial charge in [0.2, 0.25) is 5.71 Å². The van der Waals surface area contributed by atoms with Gasteiger partial charge >= 0.3 is 0 Å². The number of aromatic nitrogens is 2. The van der Waals surface area contributed by atoms with E-state index >= 15 is 0 Å². The Morgan fingerprint density at radius 1 is 0.861 bits per heavy atom. The summed E-state index contributed by atoms with van der Waals surface area (Å²) in [6.07, 6.45) is -1.45. The number of furan rings is 1. The summed E-state index contributed by atoms with van der Waals surface area (Å²) >= 11 is 0. The first-order valence-corrected chi connectivity index (χ1v) is 12.6. The van der Waals surface area contributed by atoms with E-state index in [2.05, 4.69) is 74.3 Å². The van der Waals surface area contributed by atoms with Gasteiger partial charge in [-0.05, 0) is 76.2 Å². The quantitative estimate of drug-likeness (QED) is 0.257. The van der Waals surface area contributed by atoms with Gasteiger partial charge in [0.1, 0.15) is 11.4 Å². The smallest absolute Gasteiger partial charge is 0.231 e. The molecule has 0 atom stereocenters. The summed E-state index contributed by atoms with van der Waals surface area (Å²) in [5.74, 6) is 0.498. The van der Waals surface area contributed by atoms with Gasteiger partial charge in [-0.25, -0.2) is 4.98 Å². The van der Waals surface area contributed by atoms with Crippen molar-refractivity contribution in [1.82, 2.24) is 9.97 Å². The number of benzene rings is 4. The highest BCUT2D eigenvalue weighted by atomic mass is 16.3. The molecule has 36 heavy (non-hydrogen) atoms. The molecule has 0 unspecified atom stereocenters. The summed E-state index contributed by atoms with van der Waals surface area (Å²) in [4.78, 5) is 9.64. The Hall–Kier alpha value is -3.72. The van der Waals surface area contributed by atoms with Crippen LogP contribution in [0.25, 0.3) is 54.9 Å². The molecule has 3 heteroatoms. The van der Waals surface area contributed by atoms with Gasteiger partial charge in [0, 0.05) is 19.1 Å². The molecule has 0 aliphatic carbocycles. The largest absolute Gasteiger partial charge is 0.437 e. The van der Waals surface area contributed by atoms with E-state index in [1.807, 2.05) is 39.0 Å². The summed E-state index contributed by atoms with van der Waals surface area (Å²) < 4.78 is 23.7. The summed E-state index contributed by atoms with van der Waals surface area (Å²) in [6, 6.07) is 22.9. The zero-order valence-electron chi connectivity index (χ0n) is 23.7. The molecule has 0 aliphatic heterocycles. The molecule has 0 saturated carbocycles. The van der Waals surface area contributed by atoms with Gasteiger partial charge in [-0.2, -0.15) is 4.98 Å². The molecular weight excluding hydrogens is 440 g/mol. The molecule has 2 heterocycles. The van der Waals surface area contributed by atoms with E-state index < -0.39 is 6.37 Å². The predicted octanol–water partition coefficient (Wildman–Crippen LogP) is 9.15. The van der Waals surface area contributed by atoms with Gasteiger partial charge in [-0.1, -0.05) is 77.1 Å². The van der Waals surface area contributed by atoms with E-state index in [1.54, 1.807) is 0 Å². The lowest BCUT2D eigenvalue weighted by Crippen LogP contribution is -2.12. The second-order valence-electron chi connectivity index (χ2n) is 11.1. The van der Waals surface area contributed by atoms with Gasteiger partial charge in [0.05, 0.1) is 11.1 Å². The van der Waals surface area contributed by atoms with Crippen LogP contribution < -0.4 is 0 Å². The standard InChI is InChI=1S/C33H32N2O/c1-19(2)15-21-11-12-22-13-14-26-29-30(34-20(3)35-32(29)36-31(26)27(22)16-21)24-17-23-9-7-8-10-25(23)28(18-24)33(4,5)6/h7-14,16-19H,15H2,1-6H3/i15D2. The lowest BCUT2D eigenvalue weighted by molar-refractivity contribution is 0.596. The summed E-state index contributed by atoms with van der Waals surface area (Å²) in [5.41, 5.74) is 5.05. The third kappa shape index (κ3) is 3.74. The van der Waals surface area contributed by atoms with Gasteiger partial charge in [0.15, 0.2) is 0 Å². The molecular formula is C33H32N2O. The van der Waals surface area contributed by atoms with E-state index in [0.717, 1.165) is 38.4 Å². The van der Waals surface area contributed by atoms with Crippen molar-refractivity contribution < 1.29 is 7.16 Å². The number of hydrogen-bond donors (Lipinski definition) is 0. The average molecular weight is 475 g/mol. The molecule has 0 saturated heterocycles. The molecule has 2 aromatic heterocycles. The zero-order valence-corrected chi connectivity index (χ0v) is 21.7. The summed E-state index contributed by atoms with van der Waals surface area (Å²) in [5, 5.41) is 6.15. The Morgan fingerprint density at radius 2 is 1.64 bits per heavy atom. The maximum Gasteiger partial charge on any atom is 0.231 e. The first kappa shape index (κ1) is 20.5. The molecule has 0 aliphatic rings. The van der Waals surface area contributed by atoms with Crippen molar-refractivity contribution in [3.05, 3.63) is 83.7 Å². The van der Waals surface area contributed by atoms with Crippen LogP contribution in [0.1, 0.15) is 54.3 Å². The number of hydrogen-bond acceptors (Lipinski definition) is 3. The van der Waals surface area contributed by atoms with Crippen LogP contribution in [0.15, 0.2) is 71.1 Å². The first-order chi connectivity index (χ1) is 17.9. The van der Waals surface area contributed by atoms with E-state index in [0.29, 0.717) is 17.1 Å². The lowest BCUT2D eigenvalue weighted by Gasteiger charge is -2.23. The average Bonchev–Trinajstić information content (AvgIpc) is 3.25. The fraction of sp³-hybridized carbons (Fsp3) is 0.273. The zero-order chi connectivity index (χ0) is 27.0. The lowest BCUT2D eigenvalue weighted by atomic mass is 9.82. The van der Waals surface area contributed by atoms with E-state index in [4.69, 9.17) is 12.1 Å². The SMILES string of the molecule is [2H]C([2H])(c1ccc2ccc3c(oc4nc(C)nc(-c5cc(C(C)(C)C)c6ccccc6c5)c43)c2c1)C(C)C. The highest BCUT2D eigenvalue weighted by molar-refractivity contribution is 6.18. The van der Waals surface area contributed by atoms with Crippen LogP contribution in [0.2, 0.25) is 0 Å². The normalized spacial score (nSPS) is 13.8. The Balaban J connectivity index is 1.69. The number of nitrogens with zero attached hydrogens (tertiary/aromatic N) is 2. The minimum absolute atomic E-state index is 0.0443. The van der Waals surface area contributed by atoms with Crippen molar-refractivity contribution in [2.24, 2.45) is 5.92 Å². The Bertz CT molecular complexity index is 1880. The molecule has 3 nitrogen and oxygen atoms in total. The van der Waals surface area contributed by atoms with Crippen LogP contribution in [0.5, 0.6) is 0 Å². The first-order valence-electron chi connectivity index (χ1n) is 13.6. The van der Waals surface area contributed by atoms with Crippen LogP contribution >= 0.6 is 0 Å². The molecule has 6 rings (SSSR count). The van der Waals surface area contributed by atoms with Crippen molar-refractivity contribution >= 4 is 43.6 Å². The molecule has 0 bridgehead atoms. The Morgan fingerprint density at radius 3 is 2.42 bits per heavy atom. The van der Waals surface area contributed by atoms with Crippen LogP contribution in [0, 0.1) is 12.8 Å². The third-order valence-electron chi connectivity index (χ3n) is 6.83. The fourth-order valence-electron chi connectivity index (χ4n) is 5.26. The van der Waals surface area contributed by atoms with Crippen molar-refractivity contribution in [2.75, 3.05) is 0 Å². The van der Waals surface area contributed by atoms with Crippen molar-refractivity contribution in [3.63, 3.8) is 0 Å². The topological polar surface area (TPSA) is 38.9 Å². The van der Waals surface area contributed by atoms with Crippen LogP contribution in [-0.4, -0.2) is 9.97 Å². The maximum absolute atomic E-state index is 8.64. The molecule has 0 N–H and O–H groups in total. The second-order valence-corrected chi connectivity index (χ2v) is 11.1. The van der Waals surface area contributed by atoms with Gasteiger partial charge in [-0.15, -0.1) is 0 Å². The molecule has 4 aromatic carbocycles. The van der Waals surface area contributed by atoms with Crippen LogP contribution in [-0.2, 0) is 11.8 Å². The molecule has 0 fully saturated rings.